The first kappa shape index (κ1) is 25.6. The van der Waals surface area contributed by atoms with E-state index >= 15 is 0 Å². The van der Waals surface area contributed by atoms with E-state index in [-0.39, 0.29) is 31.3 Å². The van der Waals surface area contributed by atoms with E-state index in [1.807, 2.05) is 78.9 Å². The summed E-state index contributed by atoms with van der Waals surface area (Å²) in [5, 5.41) is 14.6. The molecule has 0 heterocycles. The predicted octanol–water partition coefficient (Wildman–Crippen LogP) is 3.99. The number of alkyl carbamates (subject to hydrolysis) is 1. The Hall–Kier alpha value is -4.46. The number of aliphatic imine (C=N–C) groups is 1. The molecule has 0 saturated heterocycles. The number of ether oxygens (including phenoxy) is 1. The van der Waals surface area contributed by atoms with Crippen LogP contribution in [-0.2, 0) is 14.3 Å². The number of amides is 2. The van der Waals surface area contributed by atoms with Crippen molar-refractivity contribution < 1.29 is 24.2 Å². The van der Waals surface area contributed by atoms with E-state index < -0.39 is 18.1 Å². The van der Waals surface area contributed by atoms with Gasteiger partial charge in [-0.1, -0.05) is 78.9 Å². The van der Waals surface area contributed by atoms with Crippen molar-refractivity contribution in [3.63, 3.8) is 0 Å². The highest BCUT2D eigenvalue weighted by atomic mass is 16.5. The molecule has 1 aliphatic carbocycles. The van der Waals surface area contributed by atoms with E-state index in [9.17, 15) is 19.5 Å². The summed E-state index contributed by atoms with van der Waals surface area (Å²) in [6.07, 6.45) is 0.789. The topological polar surface area (TPSA) is 117 Å². The third-order valence-electron chi connectivity index (χ3n) is 6.20. The second kappa shape index (κ2) is 12.5. The monoisotopic (exact) mass is 499 g/mol. The molecule has 0 unspecified atom stereocenters. The molecule has 0 aliphatic heterocycles. The lowest BCUT2D eigenvalue weighted by molar-refractivity contribution is -0.139. The number of fused-ring (bicyclic) bond motifs is 3. The lowest BCUT2D eigenvalue weighted by atomic mass is 9.98. The zero-order valence-corrected chi connectivity index (χ0v) is 20.3. The minimum Gasteiger partial charge on any atom is -0.480 e. The Kier molecular flexibility index (Phi) is 8.65. The zero-order chi connectivity index (χ0) is 26.0. The summed E-state index contributed by atoms with van der Waals surface area (Å²) in [5.74, 6) is -1.67. The van der Waals surface area contributed by atoms with Crippen LogP contribution in [-0.4, -0.2) is 55.0 Å². The van der Waals surface area contributed by atoms with E-state index in [1.54, 1.807) is 6.21 Å². The number of hydrogen-bond donors (Lipinski definition) is 3. The van der Waals surface area contributed by atoms with Crippen molar-refractivity contribution in [1.29, 1.82) is 0 Å². The molecule has 1 aliphatic rings. The molecule has 3 N–H and O–H groups in total. The Balaban J connectivity index is 1.21. The lowest BCUT2D eigenvalue weighted by Gasteiger charge is -2.17. The van der Waals surface area contributed by atoms with Crippen LogP contribution < -0.4 is 10.6 Å². The maximum atomic E-state index is 12.4. The fraction of sp³-hybridized carbons (Fsp3) is 0.241. The van der Waals surface area contributed by atoms with Gasteiger partial charge in [0.1, 0.15) is 12.6 Å². The summed E-state index contributed by atoms with van der Waals surface area (Å²) in [6.45, 7) is 0.816. The van der Waals surface area contributed by atoms with Crippen LogP contribution in [0.5, 0.6) is 0 Å². The molecule has 4 rings (SSSR count). The smallest absolute Gasteiger partial charge is 0.407 e. The molecular weight excluding hydrogens is 470 g/mol. The molecule has 0 radical (unpaired) electrons. The van der Waals surface area contributed by atoms with Gasteiger partial charge in [0.2, 0.25) is 5.91 Å². The molecule has 37 heavy (non-hydrogen) atoms. The van der Waals surface area contributed by atoms with Crippen molar-refractivity contribution >= 4 is 24.2 Å². The second-order valence-electron chi connectivity index (χ2n) is 8.70. The number of carbonyl (C=O) groups excluding carboxylic acids is 2. The van der Waals surface area contributed by atoms with Gasteiger partial charge in [-0.2, -0.15) is 0 Å². The van der Waals surface area contributed by atoms with Crippen LogP contribution in [0.15, 0.2) is 83.9 Å². The highest BCUT2D eigenvalue weighted by molar-refractivity contribution is 5.82. The van der Waals surface area contributed by atoms with Crippen LogP contribution in [0.2, 0.25) is 0 Å². The van der Waals surface area contributed by atoms with E-state index in [0.29, 0.717) is 13.1 Å². The van der Waals surface area contributed by atoms with E-state index in [0.717, 1.165) is 27.8 Å². The van der Waals surface area contributed by atoms with Gasteiger partial charge >= 0.3 is 12.1 Å². The third-order valence-corrected chi connectivity index (χ3v) is 6.20. The molecule has 3 aromatic rings. The summed E-state index contributed by atoms with van der Waals surface area (Å²) in [7, 11) is 0. The zero-order valence-electron chi connectivity index (χ0n) is 20.3. The van der Waals surface area contributed by atoms with Crippen LogP contribution in [0.3, 0.4) is 0 Å². The molecule has 0 bridgehead atoms. The van der Waals surface area contributed by atoms with Gasteiger partial charge in [0.05, 0.1) is 6.54 Å². The molecule has 0 saturated carbocycles. The normalized spacial score (nSPS) is 13.0. The number of rotatable bonds is 11. The van der Waals surface area contributed by atoms with Crippen molar-refractivity contribution in [2.75, 3.05) is 19.7 Å². The summed E-state index contributed by atoms with van der Waals surface area (Å²) >= 11 is 0. The van der Waals surface area contributed by atoms with Gasteiger partial charge in [0.15, 0.2) is 0 Å². The van der Waals surface area contributed by atoms with Crippen molar-refractivity contribution in [2.24, 2.45) is 4.99 Å². The predicted molar refractivity (Wildman–Crippen MR) is 141 cm³/mol. The lowest BCUT2D eigenvalue weighted by Crippen LogP contribution is -2.42. The molecule has 3 aromatic carbocycles. The highest BCUT2D eigenvalue weighted by Gasteiger charge is 2.29. The number of carboxylic acid groups (broad SMARTS) is 1. The number of nitrogens with one attached hydrogen (secondary N) is 2. The summed E-state index contributed by atoms with van der Waals surface area (Å²) in [4.78, 5) is 40.5. The van der Waals surface area contributed by atoms with Gasteiger partial charge in [-0.05, 0) is 34.2 Å². The van der Waals surface area contributed by atoms with Gasteiger partial charge in [-0.15, -0.1) is 0 Å². The van der Waals surface area contributed by atoms with Gasteiger partial charge in [-0.3, -0.25) is 9.79 Å². The van der Waals surface area contributed by atoms with Crippen LogP contribution in [0.4, 0.5) is 4.79 Å². The first-order valence-corrected chi connectivity index (χ1v) is 12.2. The first-order valence-electron chi connectivity index (χ1n) is 12.2. The Bertz CT molecular complexity index is 1230. The maximum Gasteiger partial charge on any atom is 0.407 e. The number of hydrogen-bond acceptors (Lipinski definition) is 5. The number of carboxylic acids is 1. The van der Waals surface area contributed by atoms with Crippen LogP contribution >= 0.6 is 0 Å². The minimum absolute atomic E-state index is 0.0526. The molecule has 0 spiro atoms. The van der Waals surface area contributed by atoms with Crippen LogP contribution in [0.1, 0.15) is 35.4 Å². The molecule has 0 aromatic heterocycles. The van der Waals surface area contributed by atoms with Crippen molar-refractivity contribution in [3.05, 3.63) is 95.6 Å². The van der Waals surface area contributed by atoms with Gasteiger partial charge < -0.3 is 20.5 Å². The molecular formula is C29H29N3O5. The maximum absolute atomic E-state index is 12.4. The molecule has 8 heteroatoms. The van der Waals surface area contributed by atoms with Gasteiger partial charge in [-0.25, -0.2) is 9.59 Å². The van der Waals surface area contributed by atoms with E-state index in [4.69, 9.17) is 4.74 Å². The number of benzene rings is 3. The molecule has 0 fully saturated rings. The van der Waals surface area contributed by atoms with E-state index in [2.05, 4.69) is 15.6 Å². The fourth-order valence-electron chi connectivity index (χ4n) is 4.37. The van der Waals surface area contributed by atoms with Crippen molar-refractivity contribution in [3.8, 4) is 11.1 Å². The van der Waals surface area contributed by atoms with Crippen LogP contribution in [0.25, 0.3) is 11.1 Å². The van der Waals surface area contributed by atoms with Gasteiger partial charge in [0.25, 0.3) is 0 Å². The SMILES string of the molecule is O=C(CC[C@H](NC(=O)OCC1c2ccccc2-c2ccccc21)C(=O)O)NCCN=Cc1ccccc1. The average Bonchev–Trinajstić information content (AvgIpc) is 3.23. The number of aliphatic carboxylic acids is 1. The fourth-order valence-corrected chi connectivity index (χ4v) is 4.37. The summed E-state index contributed by atoms with van der Waals surface area (Å²) in [6, 6.07) is 24.3. The highest BCUT2D eigenvalue weighted by Crippen LogP contribution is 2.44. The number of carbonyl (C=O) groups is 3. The number of nitrogens with zero attached hydrogens (tertiary/aromatic N) is 1. The summed E-state index contributed by atoms with van der Waals surface area (Å²) in [5.41, 5.74) is 5.31. The largest absolute Gasteiger partial charge is 0.480 e. The molecule has 190 valence electrons. The van der Waals surface area contributed by atoms with E-state index in [1.165, 1.54) is 0 Å². The van der Waals surface area contributed by atoms with Crippen LogP contribution in [0, 0.1) is 0 Å². The first-order chi connectivity index (χ1) is 18.0. The Morgan fingerprint density at radius 1 is 0.919 bits per heavy atom. The Morgan fingerprint density at radius 2 is 1.54 bits per heavy atom. The summed E-state index contributed by atoms with van der Waals surface area (Å²) < 4.78 is 5.43. The quantitative estimate of drug-likeness (QED) is 0.272. The Morgan fingerprint density at radius 3 is 2.19 bits per heavy atom. The standard InChI is InChI=1S/C29H29N3O5/c33-27(31-17-16-30-18-20-8-2-1-3-9-20)15-14-26(28(34)35)32-29(36)37-19-25-23-12-6-4-10-21(23)22-11-5-7-13-24(22)25/h1-13,18,25-26H,14-17,19H2,(H,31,33)(H,32,36)(H,34,35)/t26-/m0/s1. The van der Waals surface area contributed by atoms with Gasteiger partial charge in [0, 0.05) is 25.1 Å². The third kappa shape index (κ3) is 6.82. The second-order valence-corrected chi connectivity index (χ2v) is 8.70. The van der Waals surface area contributed by atoms with Crippen molar-refractivity contribution in [2.45, 2.75) is 24.8 Å². The average molecular weight is 500 g/mol. The minimum atomic E-state index is -1.24. The molecule has 2 amide bonds. The molecule has 1 atom stereocenters. The molecule has 8 nitrogen and oxygen atoms in total. The van der Waals surface area contributed by atoms with Crippen molar-refractivity contribution in [1.82, 2.24) is 10.6 Å². The Labute approximate surface area is 215 Å².